The Labute approximate surface area is 117 Å². The van der Waals surface area contributed by atoms with Crippen LogP contribution >= 0.6 is 11.8 Å². The first-order valence-corrected chi connectivity index (χ1v) is 6.95. The van der Waals surface area contributed by atoms with Gasteiger partial charge in [-0.15, -0.1) is 11.8 Å². The normalized spacial score (nSPS) is 10.2. The van der Waals surface area contributed by atoms with Crippen molar-refractivity contribution in [1.82, 2.24) is 4.98 Å². The summed E-state index contributed by atoms with van der Waals surface area (Å²) in [6, 6.07) is 13.8. The molecule has 2 aromatic rings. The minimum absolute atomic E-state index is 0.213. The van der Waals surface area contributed by atoms with Gasteiger partial charge in [0.1, 0.15) is 0 Å². The van der Waals surface area contributed by atoms with E-state index in [1.54, 1.807) is 18.0 Å². The molecular weight excluding hydrogens is 258 g/mol. The lowest BCUT2D eigenvalue weighted by molar-refractivity contribution is -0.139. The fourth-order valence-electron chi connectivity index (χ4n) is 1.68. The molecular formula is C15H15NO2S. The highest BCUT2D eigenvalue weighted by atomic mass is 32.2. The molecule has 1 aromatic heterocycles. The maximum absolute atomic E-state index is 11.4. The van der Waals surface area contributed by atoms with Crippen LogP contribution in [0.25, 0.3) is 0 Å². The fourth-order valence-corrected chi connectivity index (χ4v) is 2.58. The van der Waals surface area contributed by atoms with Gasteiger partial charge >= 0.3 is 5.97 Å². The highest BCUT2D eigenvalue weighted by molar-refractivity contribution is 7.98. The highest BCUT2D eigenvalue weighted by Gasteiger charge is 2.08. The Hall–Kier alpha value is -1.81. The second-order valence-electron chi connectivity index (χ2n) is 3.98. The quantitative estimate of drug-likeness (QED) is 0.620. The molecule has 0 aliphatic heterocycles. The predicted octanol–water partition coefficient (Wildman–Crippen LogP) is 3.09. The molecule has 0 bridgehead atoms. The summed E-state index contributed by atoms with van der Waals surface area (Å²) in [6.07, 6.45) is 2.10. The van der Waals surface area contributed by atoms with Gasteiger partial charge in [0.15, 0.2) is 0 Å². The van der Waals surface area contributed by atoms with Crippen LogP contribution < -0.4 is 0 Å². The number of nitrogens with zero attached hydrogens (tertiary/aromatic N) is 1. The monoisotopic (exact) mass is 273 g/mol. The molecule has 1 heterocycles. The number of benzene rings is 1. The number of rotatable bonds is 5. The summed E-state index contributed by atoms with van der Waals surface area (Å²) in [7, 11) is 1.41. The number of thioether (sulfide) groups is 1. The van der Waals surface area contributed by atoms with Crippen LogP contribution in [0.3, 0.4) is 0 Å². The lowest BCUT2D eigenvalue weighted by Crippen LogP contribution is -2.06. The largest absolute Gasteiger partial charge is 0.469 e. The first kappa shape index (κ1) is 13.6. The molecule has 0 aliphatic rings. The summed E-state index contributed by atoms with van der Waals surface area (Å²) in [5.41, 5.74) is 2.15. The van der Waals surface area contributed by atoms with Gasteiger partial charge in [-0.3, -0.25) is 4.79 Å². The van der Waals surface area contributed by atoms with Gasteiger partial charge in [-0.2, -0.15) is 0 Å². The number of methoxy groups -OCH3 is 1. The fraction of sp³-hybridized carbons (Fsp3) is 0.200. The van der Waals surface area contributed by atoms with Crippen molar-refractivity contribution >= 4 is 17.7 Å². The summed E-state index contributed by atoms with van der Waals surface area (Å²) < 4.78 is 4.71. The van der Waals surface area contributed by atoms with E-state index in [1.807, 2.05) is 42.5 Å². The summed E-state index contributed by atoms with van der Waals surface area (Å²) in [4.78, 5) is 15.6. The zero-order chi connectivity index (χ0) is 13.5. The Kier molecular flexibility index (Phi) is 4.98. The number of carbonyl (C=O) groups excluding carboxylic acids is 1. The number of carbonyl (C=O) groups is 1. The van der Waals surface area contributed by atoms with Crippen molar-refractivity contribution in [2.45, 2.75) is 17.2 Å². The van der Waals surface area contributed by atoms with E-state index in [1.165, 1.54) is 7.11 Å². The molecule has 0 radical (unpaired) electrons. The van der Waals surface area contributed by atoms with Crippen LogP contribution in [0, 0.1) is 0 Å². The van der Waals surface area contributed by atoms with Crippen molar-refractivity contribution in [1.29, 1.82) is 0 Å². The highest BCUT2D eigenvalue weighted by Crippen LogP contribution is 2.22. The first-order chi connectivity index (χ1) is 9.29. The summed E-state index contributed by atoms with van der Waals surface area (Å²) >= 11 is 1.66. The Morgan fingerprint density at radius 3 is 2.58 bits per heavy atom. The van der Waals surface area contributed by atoms with E-state index in [0.717, 1.165) is 21.9 Å². The van der Waals surface area contributed by atoms with E-state index in [2.05, 4.69) is 4.98 Å². The average molecular weight is 273 g/mol. The van der Waals surface area contributed by atoms with E-state index in [0.29, 0.717) is 6.42 Å². The van der Waals surface area contributed by atoms with E-state index in [4.69, 9.17) is 4.74 Å². The third-order valence-electron chi connectivity index (χ3n) is 2.69. The molecule has 0 unspecified atom stereocenters. The van der Waals surface area contributed by atoms with Gasteiger partial charge in [0.2, 0.25) is 0 Å². The molecule has 98 valence electrons. The first-order valence-electron chi connectivity index (χ1n) is 5.97. The van der Waals surface area contributed by atoms with Crippen molar-refractivity contribution in [3.63, 3.8) is 0 Å². The maximum Gasteiger partial charge on any atom is 0.309 e. The van der Waals surface area contributed by atoms with Crippen molar-refractivity contribution in [3.05, 3.63) is 59.8 Å². The van der Waals surface area contributed by atoms with Gasteiger partial charge in [0, 0.05) is 11.9 Å². The molecule has 19 heavy (non-hydrogen) atoms. The molecule has 1 aromatic carbocycles. The summed E-state index contributed by atoms with van der Waals surface area (Å²) in [5, 5.41) is 0.982. The number of aromatic nitrogens is 1. The van der Waals surface area contributed by atoms with E-state index in [9.17, 15) is 4.79 Å². The standard InChI is InChI=1S/C15H15NO2S/c1-18-15(17)10-12-6-2-3-7-13(12)11-19-14-8-4-5-9-16-14/h2-9H,10-11H2,1H3. The lowest BCUT2D eigenvalue weighted by atomic mass is 10.1. The van der Waals surface area contributed by atoms with E-state index >= 15 is 0 Å². The molecule has 0 spiro atoms. The minimum Gasteiger partial charge on any atom is -0.469 e. The van der Waals surface area contributed by atoms with Gasteiger partial charge < -0.3 is 4.74 Å². The third-order valence-corrected chi connectivity index (χ3v) is 3.69. The summed E-state index contributed by atoms with van der Waals surface area (Å²) in [5.74, 6) is 0.583. The molecule has 0 saturated heterocycles. The Morgan fingerprint density at radius 2 is 1.89 bits per heavy atom. The van der Waals surface area contributed by atoms with Gasteiger partial charge in [-0.1, -0.05) is 30.3 Å². The maximum atomic E-state index is 11.4. The molecule has 0 N–H and O–H groups in total. The predicted molar refractivity (Wildman–Crippen MR) is 76.0 cm³/mol. The van der Waals surface area contributed by atoms with Crippen LogP contribution in [0.1, 0.15) is 11.1 Å². The number of hydrogen-bond donors (Lipinski definition) is 0. The van der Waals surface area contributed by atoms with E-state index in [-0.39, 0.29) is 5.97 Å². The number of ether oxygens (including phenoxy) is 1. The second-order valence-corrected chi connectivity index (χ2v) is 4.97. The molecule has 0 amide bonds. The smallest absolute Gasteiger partial charge is 0.309 e. The van der Waals surface area contributed by atoms with Gasteiger partial charge in [-0.05, 0) is 23.3 Å². The lowest BCUT2D eigenvalue weighted by Gasteiger charge is -2.08. The zero-order valence-electron chi connectivity index (χ0n) is 10.7. The van der Waals surface area contributed by atoms with Crippen molar-refractivity contribution in [2.75, 3.05) is 7.11 Å². The Bertz CT molecular complexity index is 543. The molecule has 0 saturated carbocycles. The van der Waals surface area contributed by atoms with Crippen molar-refractivity contribution in [3.8, 4) is 0 Å². The average Bonchev–Trinajstić information content (AvgIpc) is 2.47. The van der Waals surface area contributed by atoms with Crippen LogP contribution in [0.4, 0.5) is 0 Å². The van der Waals surface area contributed by atoms with Crippen molar-refractivity contribution in [2.24, 2.45) is 0 Å². The van der Waals surface area contributed by atoms with Crippen molar-refractivity contribution < 1.29 is 9.53 Å². The van der Waals surface area contributed by atoms with Crippen LogP contribution in [-0.2, 0) is 21.7 Å². The third kappa shape index (κ3) is 4.10. The molecule has 3 nitrogen and oxygen atoms in total. The van der Waals surface area contributed by atoms with E-state index < -0.39 is 0 Å². The zero-order valence-corrected chi connectivity index (χ0v) is 11.5. The van der Waals surface area contributed by atoms with Gasteiger partial charge in [0.25, 0.3) is 0 Å². The SMILES string of the molecule is COC(=O)Cc1ccccc1CSc1ccccn1. The minimum atomic E-state index is -0.213. The molecule has 0 fully saturated rings. The second kappa shape index (κ2) is 6.95. The number of esters is 1. The topological polar surface area (TPSA) is 39.2 Å². The Balaban J connectivity index is 2.05. The van der Waals surface area contributed by atoms with Crippen LogP contribution in [0.5, 0.6) is 0 Å². The van der Waals surface area contributed by atoms with Gasteiger partial charge in [0.05, 0.1) is 18.6 Å². The number of hydrogen-bond acceptors (Lipinski definition) is 4. The molecule has 0 atom stereocenters. The molecule has 4 heteroatoms. The summed E-state index contributed by atoms with van der Waals surface area (Å²) in [6.45, 7) is 0. The van der Waals surface area contributed by atoms with Crippen LogP contribution in [0.15, 0.2) is 53.7 Å². The molecule has 2 rings (SSSR count). The van der Waals surface area contributed by atoms with Crippen LogP contribution in [0.2, 0.25) is 0 Å². The molecule has 0 aliphatic carbocycles. The number of pyridine rings is 1. The van der Waals surface area contributed by atoms with Crippen LogP contribution in [-0.4, -0.2) is 18.1 Å². The Morgan fingerprint density at radius 1 is 1.16 bits per heavy atom. The van der Waals surface area contributed by atoms with Gasteiger partial charge in [-0.25, -0.2) is 4.98 Å².